The van der Waals surface area contributed by atoms with Gasteiger partial charge in [0, 0.05) is 26.1 Å². The highest BCUT2D eigenvalue weighted by Crippen LogP contribution is 2.13. The second-order valence-electron chi connectivity index (χ2n) is 4.55. The van der Waals surface area contributed by atoms with E-state index in [9.17, 15) is 9.59 Å². The van der Waals surface area contributed by atoms with Crippen LogP contribution in [0.1, 0.15) is 29.8 Å². The van der Waals surface area contributed by atoms with Crippen molar-refractivity contribution in [3.8, 4) is 0 Å². The maximum absolute atomic E-state index is 11.6. The number of furan rings is 1. The zero-order chi connectivity index (χ0) is 14.4. The van der Waals surface area contributed by atoms with E-state index in [-0.39, 0.29) is 36.6 Å². The molecule has 7 heteroatoms. The Morgan fingerprint density at radius 3 is 2.85 bits per heavy atom. The number of amides is 2. The highest BCUT2D eigenvalue weighted by molar-refractivity contribution is 9.10. The van der Waals surface area contributed by atoms with Crippen LogP contribution in [0.25, 0.3) is 0 Å². The average molecular weight is 345 g/mol. The van der Waals surface area contributed by atoms with Crippen LogP contribution in [0.15, 0.2) is 21.2 Å². The van der Waals surface area contributed by atoms with Crippen LogP contribution in [0, 0.1) is 0 Å². The molecular formula is C13H17BrN2O4. The molecule has 1 saturated heterocycles. The summed E-state index contributed by atoms with van der Waals surface area (Å²) in [6.45, 7) is 1.59. The molecule has 1 fully saturated rings. The maximum Gasteiger partial charge on any atom is 0.287 e. The van der Waals surface area contributed by atoms with Gasteiger partial charge in [-0.25, -0.2) is 0 Å². The fraction of sp³-hybridized carbons (Fsp3) is 0.538. The minimum atomic E-state index is -0.331. The Kier molecular flexibility index (Phi) is 5.60. The molecule has 2 N–H and O–H groups in total. The van der Waals surface area contributed by atoms with Gasteiger partial charge in [0.1, 0.15) is 0 Å². The van der Waals surface area contributed by atoms with E-state index in [1.54, 1.807) is 12.1 Å². The molecule has 1 aliphatic rings. The van der Waals surface area contributed by atoms with Crippen LogP contribution >= 0.6 is 15.9 Å². The zero-order valence-electron chi connectivity index (χ0n) is 11.0. The summed E-state index contributed by atoms with van der Waals surface area (Å²) in [4.78, 5) is 23.2. The van der Waals surface area contributed by atoms with Crippen LogP contribution in [0.5, 0.6) is 0 Å². The Balaban J connectivity index is 1.60. The number of nitrogens with one attached hydrogen (secondary N) is 2. The van der Waals surface area contributed by atoms with Crippen molar-refractivity contribution in [2.75, 3.05) is 19.7 Å². The minimum Gasteiger partial charge on any atom is -0.444 e. The maximum atomic E-state index is 11.6. The summed E-state index contributed by atoms with van der Waals surface area (Å²) in [5.41, 5.74) is 0. The summed E-state index contributed by atoms with van der Waals surface area (Å²) >= 11 is 3.12. The van der Waals surface area contributed by atoms with Gasteiger partial charge in [-0.1, -0.05) is 0 Å². The van der Waals surface area contributed by atoms with Crippen molar-refractivity contribution in [2.24, 2.45) is 0 Å². The number of hydrogen-bond donors (Lipinski definition) is 2. The number of ether oxygens (including phenoxy) is 1. The molecule has 1 unspecified atom stereocenters. The predicted octanol–water partition coefficient (Wildman–Crippen LogP) is 1.46. The third-order valence-corrected chi connectivity index (χ3v) is 3.41. The average Bonchev–Trinajstić information content (AvgIpc) is 3.07. The fourth-order valence-electron chi connectivity index (χ4n) is 1.93. The molecule has 2 amide bonds. The smallest absolute Gasteiger partial charge is 0.287 e. The third kappa shape index (κ3) is 4.64. The van der Waals surface area contributed by atoms with Crippen molar-refractivity contribution in [1.82, 2.24) is 10.6 Å². The van der Waals surface area contributed by atoms with E-state index in [0.29, 0.717) is 11.2 Å². The number of hydrogen-bond acceptors (Lipinski definition) is 4. The van der Waals surface area contributed by atoms with Gasteiger partial charge in [0.2, 0.25) is 5.91 Å². The van der Waals surface area contributed by atoms with E-state index in [1.807, 2.05) is 0 Å². The molecule has 1 aliphatic heterocycles. The lowest BCUT2D eigenvalue weighted by Crippen LogP contribution is -2.34. The second-order valence-corrected chi connectivity index (χ2v) is 5.33. The largest absolute Gasteiger partial charge is 0.444 e. The summed E-state index contributed by atoms with van der Waals surface area (Å²) in [6, 6.07) is 3.21. The van der Waals surface area contributed by atoms with Gasteiger partial charge >= 0.3 is 0 Å². The molecule has 0 aromatic carbocycles. The molecule has 0 spiro atoms. The van der Waals surface area contributed by atoms with Gasteiger partial charge in [-0.05, 0) is 40.9 Å². The number of carbonyl (C=O) groups excluding carboxylic acids is 2. The lowest BCUT2D eigenvalue weighted by atomic mass is 10.2. The van der Waals surface area contributed by atoms with Crippen molar-refractivity contribution < 1.29 is 18.7 Å². The second kappa shape index (κ2) is 7.44. The quantitative estimate of drug-likeness (QED) is 0.818. The fourth-order valence-corrected chi connectivity index (χ4v) is 2.24. The topological polar surface area (TPSA) is 80.6 Å². The Hall–Kier alpha value is -1.34. The number of carbonyl (C=O) groups is 2. The van der Waals surface area contributed by atoms with E-state index in [4.69, 9.17) is 9.15 Å². The summed E-state index contributed by atoms with van der Waals surface area (Å²) in [5.74, 6) is -0.208. The lowest BCUT2D eigenvalue weighted by molar-refractivity contribution is -0.121. The lowest BCUT2D eigenvalue weighted by Gasteiger charge is -2.10. The third-order valence-electron chi connectivity index (χ3n) is 2.99. The van der Waals surface area contributed by atoms with Crippen molar-refractivity contribution in [1.29, 1.82) is 0 Å². The Bertz CT molecular complexity index is 469. The van der Waals surface area contributed by atoms with Crippen LogP contribution in [0.2, 0.25) is 0 Å². The molecule has 0 saturated carbocycles. The number of rotatable bonds is 6. The zero-order valence-corrected chi connectivity index (χ0v) is 12.6. The van der Waals surface area contributed by atoms with E-state index >= 15 is 0 Å². The Morgan fingerprint density at radius 1 is 1.35 bits per heavy atom. The highest BCUT2D eigenvalue weighted by atomic mass is 79.9. The predicted molar refractivity (Wildman–Crippen MR) is 75.3 cm³/mol. The Labute approximate surface area is 125 Å². The first-order valence-electron chi connectivity index (χ1n) is 6.57. The van der Waals surface area contributed by atoms with Crippen LogP contribution in [0.4, 0.5) is 0 Å². The van der Waals surface area contributed by atoms with Crippen molar-refractivity contribution in [3.05, 3.63) is 22.6 Å². The van der Waals surface area contributed by atoms with Gasteiger partial charge in [-0.2, -0.15) is 0 Å². The highest BCUT2D eigenvalue weighted by Gasteiger charge is 2.16. The molecule has 1 aromatic rings. The molecule has 0 radical (unpaired) electrons. The van der Waals surface area contributed by atoms with Gasteiger partial charge in [0.25, 0.3) is 5.91 Å². The molecule has 1 atom stereocenters. The van der Waals surface area contributed by atoms with E-state index in [1.165, 1.54) is 0 Å². The monoisotopic (exact) mass is 344 g/mol. The summed E-state index contributed by atoms with van der Waals surface area (Å²) in [5, 5.41) is 5.42. The van der Waals surface area contributed by atoms with Crippen LogP contribution in [-0.4, -0.2) is 37.6 Å². The van der Waals surface area contributed by atoms with E-state index in [0.717, 1.165) is 19.4 Å². The summed E-state index contributed by atoms with van der Waals surface area (Å²) in [6.07, 6.45) is 2.41. The van der Waals surface area contributed by atoms with Crippen molar-refractivity contribution in [3.63, 3.8) is 0 Å². The van der Waals surface area contributed by atoms with Crippen LogP contribution < -0.4 is 10.6 Å². The molecule has 1 aromatic heterocycles. The van der Waals surface area contributed by atoms with E-state index < -0.39 is 0 Å². The van der Waals surface area contributed by atoms with Gasteiger partial charge in [-0.15, -0.1) is 0 Å². The van der Waals surface area contributed by atoms with Crippen LogP contribution in [0.3, 0.4) is 0 Å². The molecule has 20 heavy (non-hydrogen) atoms. The first-order chi connectivity index (χ1) is 9.65. The minimum absolute atomic E-state index is 0.0959. The molecular weight excluding hydrogens is 328 g/mol. The molecule has 0 bridgehead atoms. The van der Waals surface area contributed by atoms with Crippen LogP contribution in [-0.2, 0) is 9.53 Å². The molecule has 2 rings (SSSR count). The van der Waals surface area contributed by atoms with Crippen molar-refractivity contribution >= 4 is 27.7 Å². The summed E-state index contributed by atoms with van der Waals surface area (Å²) in [7, 11) is 0. The van der Waals surface area contributed by atoms with Crippen molar-refractivity contribution in [2.45, 2.75) is 25.4 Å². The molecule has 6 nitrogen and oxygen atoms in total. The van der Waals surface area contributed by atoms with E-state index in [2.05, 4.69) is 26.6 Å². The first-order valence-corrected chi connectivity index (χ1v) is 7.36. The first kappa shape index (κ1) is 15.1. The summed E-state index contributed by atoms with van der Waals surface area (Å²) < 4.78 is 11.0. The standard InChI is InChI=1S/C13H17BrN2O4/c14-11-4-3-10(20-11)13(18)15-6-5-12(17)16-8-9-2-1-7-19-9/h3-4,9H,1-2,5-8H2,(H,15,18)(H,16,17). The number of halogens is 1. The van der Waals surface area contributed by atoms with Gasteiger partial charge in [-0.3, -0.25) is 9.59 Å². The molecule has 0 aliphatic carbocycles. The normalized spacial score (nSPS) is 17.9. The molecule has 2 heterocycles. The van der Waals surface area contributed by atoms with Gasteiger partial charge < -0.3 is 19.8 Å². The Morgan fingerprint density at radius 2 is 2.20 bits per heavy atom. The molecule has 110 valence electrons. The van der Waals surface area contributed by atoms with Gasteiger partial charge in [0.05, 0.1) is 6.10 Å². The SMILES string of the molecule is O=C(CCNC(=O)c1ccc(Br)o1)NCC1CCCO1. The van der Waals surface area contributed by atoms with Gasteiger partial charge in [0.15, 0.2) is 10.4 Å².